The number of likely N-dealkylation sites (tertiary alicyclic amines) is 2. The molecule has 2 atom stereocenters. The van der Waals surface area contributed by atoms with Gasteiger partial charge in [-0.3, -0.25) is 14.3 Å². The van der Waals surface area contributed by atoms with E-state index in [9.17, 15) is 9.59 Å². The molecular formula is C29H39N7O2. The maximum absolute atomic E-state index is 13.5. The van der Waals surface area contributed by atoms with Crippen LogP contribution in [-0.2, 0) is 16.0 Å². The van der Waals surface area contributed by atoms with Gasteiger partial charge in [-0.2, -0.15) is 5.10 Å². The number of rotatable bonds is 4. The lowest BCUT2D eigenvalue weighted by atomic mass is 9.89. The number of hydrogen-bond donors (Lipinski definition) is 2. The molecule has 0 aliphatic carbocycles. The number of nitrogens with two attached hydrogens (primary N) is 1. The Morgan fingerprint density at radius 1 is 1.13 bits per heavy atom. The van der Waals surface area contributed by atoms with Gasteiger partial charge in [0.2, 0.25) is 0 Å². The normalized spacial score (nSPS) is 21.1. The average molecular weight is 518 g/mol. The fourth-order valence-electron chi connectivity index (χ4n) is 5.97. The molecule has 202 valence electrons. The average Bonchev–Trinajstić information content (AvgIpc) is 3.25. The SMILES string of the molecule is CCc1cc(NC(=O)C(=O)N2C[C@@H](C)CC[C@@H]2c2ccc3c(C)n(C4CCN(C)CC4)nc3c2)cnc1N. The highest BCUT2D eigenvalue weighted by Gasteiger charge is 2.34. The number of benzene rings is 1. The van der Waals surface area contributed by atoms with Crippen LogP contribution in [0.4, 0.5) is 11.5 Å². The topological polar surface area (TPSA) is 109 Å². The van der Waals surface area contributed by atoms with E-state index in [2.05, 4.69) is 59.0 Å². The van der Waals surface area contributed by atoms with Crippen LogP contribution in [0.1, 0.15) is 68.4 Å². The molecule has 0 bridgehead atoms. The van der Waals surface area contributed by atoms with E-state index < -0.39 is 11.8 Å². The zero-order valence-electron chi connectivity index (χ0n) is 22.9. The summed E-state index contributed by atoms with van der Waals surface area (Å²) < 4.78 is 2.20. The lowest BCUT2D eigenvalue weighted by Crippen LogP contribution is -2.46. The predicted octanol–water partition coefficient (Wildman–Crippen LogP) is 4.09. The summed E-state index contributed by atoms with van der Waals surface area (Å²) in [6.07, 6.45) is 6.19. The largest absolute Gasteiger partial charge is 0.383 e. The Morgan fingerprint density at radius 2 is 1.89 bits per heavy atom. The first-order chi connectivity index (χ1) is 18.2. The molecule has 2 aliphatic rings. The van der Waals surface area contributed by atoms with Crippen molar-refractivity contribution in [3.05, 3.63) is 47.3 Å². The number of nitrogens with zero attached hydrogens (tertiary/aromatic N) is 5. The third-order valence-corrected chi connectivity index (χ3v) is 8.30. The van der Waals surface area contributed by atoms with Crippen LogP contribution in [-0.4, -0.2) is 63.1 Å². The van der Waals surface area contributed by atoms with Crippen LogP contribution in [0.25, 0.3) is 10.9 Å². The molecular weight excluding hydrogens is 478 g/mol. The van der Waals surface area contributed by atoms with E-state index in [1.807, 2.05) is 6.92 Å². The Balaban J connectivity index is 1.38. The smallest absolute Gasteiger partial charge is 0.313 e. The Labute approximate surface area is 224 Å². The van der Waals surface area contributed by atoms with E-state index in [-0.39, 0.29) is 6.04 Å². The van der Waals surface area contributed by atoms with Crippen molar-refractivity contribution in [2.45, 2.75) is 65.0 Å². The first-order valence-corrected chi connectivity index (χ1v) is 13.8. The lowest BCUT2D eigenvalue weighted by Gasteiger charge is -2.38. The number of anilines is 2. The molecule has 2 aromatic heterocycles. The van der Waals surface area contributed by atoms with Crippen LogP contribution in [0.3, 0.4) is 0 Å². The zero-order valence-corrected chi connectivity index (χ0v) is 22.9. The van der Waals surface area contributed by atoms with Crippen molar-refractivity contribution >= 4 is 34.2 Å². The van der Waals surface area contributed by atoms with Gasteiger partial charge in [0, 0.05) is 17.6 Å². The van der Waals surface area contributed by atoms with Gasteiger partial charge < -0.3 is 20.9 Å². The fourth-order valence-corrected chi connectivity index (χ4v) is 5.97. The molecule has 0 spiro atoms. The molecule has 9 heteroatoms. The maximum atomic E-state index is 13.5. The highest BCUT2D eigenvalue weighted by molar-refractivity contribution is 6.39. The molecule has 9 nitrogen and oxygen atoms in total. The number of pyridine rings is 1. The second-order valence-electron chi connectivity index (χ2n) is 11.1. The number of amides is 2. The van der Waals surface area contributed by atoms with Crippen LogP contribution >= 0.6 is 0 Å². The van der Waals surface area contributed by atoms with E-state index in [1.54, 1.807) is 11.0 Å². The highest BCUT2D eigenvalue weighted by atomic mass is 16.2. The van der Waals surface area contributed by atoms with Gasteiger partial charge >= 0.3 is 11.8 Å². The van der Waals surface area contributed by atoms with E-state index in [0.29, 0.717) is 36.4 Å². The minimum atomic E-state index is -0.652. The molecule has 1 aromatic carbocycles. The van der Waals surface area contributed by atoms with E-state index >= 15 is 0 Å². The minimum absolute atomic E-state index is 0.168. The quantitative estimate of drug-likeness (QED) is 0.505. The van der Waals surface area contributed by atoms with Crippen molar-refractivity contribution in [1.29, 1.82) is 0 Å². The number of aryl methyl sites for hydroxylation is 2. The summed E-state index contributed by atoms with van der Waals surface area (Å²) >= 11 is 0. The third-order valence-electron chi connectivity index (χ3n) is 8.30. The zero-order chi connectivity index (χ0) is 27.0. The van der Waals surface area contributed by atoms with Crippen LogP contribution in [0.5, 0.6) is 0 Å². The van der Waals surface area contributed by atoms with E-state index in [4.69, 9.17) is 10.8 Å². The van der Waals surface area contributed by atoms with Crippen molar-refractivity contribution in [3.8, 4) is 0 Å². The van der Waals surface area contributed by atoms with Gasteiger partial charge in [-0.25, -0.2) is 4.98 Å². The van der Waals surface area contributed by atoms with Gasteiger partial charge in [-0.1, -0.05) is 26.0 Å². The molecule has 0 saturated carbocycles. The van der Waals surface area contributed by atoms with Gasteiger partial charge in [-0.15, -0.1) is 0 Å². The molecule has 2 saturated heterocycles. The monoisotopic (exact) mass is 517 g/mol. The molecule has 38 heavy (non-hydrogen) atoms. The number of fused-ring (bicyclic) bond motifs is 1. The van der Waals surface area contributed by atoms with Crippen LogP contribution < -0.4 is 11.1 Å². The first kappa shape index (κ1) is 26.2. The number of nitrogen functional groups attached to an aromatic ring is 1. The number of hydrogen-bond acceptors (Lipinski definition) is 6. The van der Waals surface area contributed by atoms with Gasteiger partial charge in [-0.05, 0) is 88.3 Å². The van der Waals surface area contributed by atoms with Gasteiger partial charge in [0.25, 0.3) is 0 Å². The summed E-state index contributed by atoms with van der Waals surface area (Å²) in [7, 11) is 2.17. The highest BCUT2D eigenvalue weighted by Crippen LogP contribution is 2.36. The maximum Gasteiger partial charge on any atom is 0.313 e. The molecule has 2 fully saturated rings. The minimum Gasteiger partial charge on any atom is -0.383 e. The summed E-state index contributed by atoms with van der Waals surface area (Å²) in [6, 6.07) is 8.37. The standard InChI is InChI=1S/C29H39N7O2/c1-5-20-14-22(16-31-27(20)30)32-28(37)29(38)35-17-18(2)6-9-26(35)21-7-8-24-19(3)36(33-25(24)15-21)23-10-12-34(4)13-11-23/h7-8,14-16,18,23,26H,5-6,9-13,17H2,1-4H3,(H2,30,31)(H,32,37)/t18-,26+/m0/s1. The fraction of sp³-hybridized carbons (Fsp3) is 0.517. The summed E-state index contributed by atoms with van der Waals surface area (Å²) in [6.45, 7) is 8.94. The van der Waals surface area contributed by atoms with Crippen LogP contribution in [0, 0.1) is 12.8 Å². The second-order valence-corrected chi connectivity index (χ2v) is 11.1. The number of carbonyl (C=O) groups is 2. The Kier molecular flexibility index (Phi) is 7.38. The number of carbonyl (C=O) groups excluding carboxylic acids is 2. The van der Waals surface area contributed by atoms with Crippen molar-refractivity contribution < 1.29 is 9.59 Å². The lowest BCUT2D eigenvalue weighted by molar-refractivity contribution is -0.146. The molecule has 3 N–H and O–H groups in total. The van der Waals surface area contributed by atoms with Gasteiger partial charge in [0.1, 0.15) is 5.82 Å². The third kappa shape index (κ3) is 5.12. The number of piperidine rings is 2. The Hall–Kier alpha value is -3.46. The van der Waals surface area contributed by atoms with Crippen molar-refractivity contribution in [2.24, 2.45) is 5.92 Å². The molecule has 0 unspecified atom stereocenters. The summed E-state index contributed by atoms with van der Waals surface area (Å²) in [5.74, 6) is -0.418. The van der Waals surface area contributed by atoms with Crippen LogP contribution in [0.2, 0.25) is 0 Å². The molecule has 5 rings (SSSR count). The number of nitrogens with one attached hydrogen (secondary N) is 1. The Bertz CT molecular complexity index is 1340. The van der Waals surface area contributed by atoms with Gasteiger partial charge in [0.05, 0.1) is 29.5 Å². The Morgan fingerprint density at radius 3 is 2.63 bits per heavy atom. The summed E-state index contributed by atoms with van der Waals surface area (Å²) in [4.78, 5) is 34.8. The molecule has 0 radical (unpaired) electrons. The molecule has 4 heterocycles. The first-order valence-electron chi connectivity index (χ1n) is 13.8. The molecule has 3 aromatic rings. The van der Waals surface area contributed by atoms with Crippen molar-refractivity contribution in [1.82, 2.24) is 24.6 Å². The predicted molar refractivity (Wildman–Crippen MR) is 150 cm³/mol. The molecule has 2 amide bonds. The number of aromatic nitrogens is 3. The van der Waals surface area contributed by atoms with E-state index in [1.165, 1.54) is 11.9 Å². The van der Waals surface area contributed by atoms with Crippen molar-refractivity contribution in [3.63, 3.8) is 0 Å². The molecule has 2 aliphatic heterocycles. The van der Waals surface area contributed by atoms with E-state index in [0.717, 1.165) is 60.8 Å². The summed E-state index contributed by atoms with van der Waals surface area (Å²) in [5, 5.41) is 8.90. The van der Waals surface area contributed by atoms with Crippen LogP contribution in [0.15, 0.2) is 30.5 Å². The van der Waals surface area contributed by atoms with Gasteiger partial charge in [0.15, 0.2) is 0 Å². The summed E-state index contributed by atoms with van der Waals surface area (Å²) in [5.41, 5.74) is 10.4. The van der Waals surface area contributed by atoms with Crippen molar-refractivity contribution in [2.75, 3.05) is 37.7 Å². The second kappa shape index (κ2) is 10.7.